The minimum absolute atomic E-state index is 0.0142. The molecule has 2 aromatic rings. The molecule has 12 heteroatoms. The molecule has 0 radical (unpaired) electrons. The summed E-state index contributed by atoms with van der Waals surface area (Å²) in [6.07, 6.45) is -2.16. The molecule has 1 unspecified atom stereocenters. The first-order valence-electron chi connectivity index (χ1n) is 13.2. The first-order valence-corrected chi connectivity index (χ1v) is 13.2. The molecule has 0 bridgehead atoms. The maximum Gasteiger partial charge on any atom is 0.395 e. The Morgan fingerprint density at radius 1 is 1.12 bits per heavy atom. The van der Waals surface area contributed by atoms with Crippen LogP contribution in [0.15, 0.2) is 36.5 Å². The Labute approximate surface area is 230 Å². The Bertz CT molecular complexity index is 1210. The molecule has 218 valence electrons. The number of benzene rings is 1. The molecule has 3 N–H and O–H groups in total. The molecule has 2 aliphatic heterocycles. The lowest BCUT2D eigenvalue weighted by atomic mass is 9.89. The van der Waals surface area contributed by atoms with E-state index in [-0.39, 0.29) is 31.0 Å². The van der Waals surface area contributed by atoms with Gasteiger partial charge < -0.3 is 25.4 Å². The van der Waals surface area contributed by atoms with Crippen LogP contribution in [-0.4, -0.2) is 82.8 Å². The summed E-state index contributed by atoms with van der Waals surface area (Å²) in [4.78, 5) is 31.7. The van der Waals surface area contributed by atoms with Crippen molar-refractivity contribution in [3.05, 3.63) is 47.9 Å². The van der Waals surface area contributed by atoms with Crippen molar-refractivity contribution in [2.75, 3.05) is 32.8 Å². The molecule has 2 aliphatic rings. The average Bonchev–Trinajstić information content (AvgIpc) is 3.29. The van der Waals surface area contributed by atoms with Crippen LogP contribution in [0.5, 0.6) is 5.88 Å². The highest BCUT2D eigenvalue weighted by Crippen LogP contribution is 2.38. The number of hydrogen-bond acceptors (Lipinski definition) is 6. The number of rotatable bonds is 8. The number of ether oxygens (including phenoxy) is 1. The van der Waals surface area contributed by atoms with Gasteiger partial charge in [-0.2, -0.15) is 13.2 Å². The molecule has 1 aromatic heterocycles. The van der Waals surface area contributed by atoms with Gasteiger partial charge in [-0.25, -0.2) is 9.37 Å². The van der Waals surface area contributed by atoms with E-state index in [2.05, 4.69) is 4.98 Å². The van der Waals surface area contributed by atoms with Crippen LogP contribution < -0.4 is 10.5 Å². The molecule has 2 atom stereocenters. The molecule has 0 saturated carbocycles. The largest absolute Gasteiger partial charge is 0.477 e. The van der Waals surface area contributed by atoms with Crippen molar-refractivity contribution in [2.45, 2.75) is 51.4 Å². The number of alkyl halides is 3. The monoisotopic (exact) mass is 566 g/mol. The fourth-order valence-corrected chi connectivity index (χ4v) is 5.13. The fourth-order valence-electron chi connectivity index (χ4n) is 5.13. The minimum atomic E-state index is -4.25. The molecule has 0 aliphatic carbocycles. The number of amides is 2. The highest BCUT2D eigenvalue weighted by atomic mass is 19.4. The molecule has 2 fully saturated rings. The number of carbonyl (C=O) groups excluding carboxylic acids is 2. The van der Waals surface area contributed by atoms with E-state index in [1.54, 1.807) is 18.2 Å². The van der Waals surface area contributed by atoms with Gasteiger partial charge in [-0.05, 0) is 69.5 Å². The zero-order valence-electron chi connectivity index (χ0n) is 22.5. The number of hydrogen-bond donors (Lipinski definition) is 2. The SMILES string of the molecule is CC(C)(CN1CCC(COc2ccc(-c3ccc(C(=O)N4CC(O)C[C@H]4C(N)=O)c(F)c3)cn2)CC1)C(F)(F)F. The predicted octanol–water partition coefficient (Wildman–Crippen LogP) is 3.63. The Kier molecular flexibility index (Phi) is 8.69. The van der Waals surface area contributed by atoms with E-state index in [0.29, 0.717) is 36.7 Å². The zero-order valence-corrected chi connectivity index (χ0v) is 22.5. The van der Waals surface area contributed by atoms with Crippen LogP contribution in [0.25, 0.3) is 11.1 Å². The molecular formula is C28H34F4N4O4. The van der Waals surface area contributed by atoms with Crippen LogP contribution >= 0.6 is 0 Å². The van der Waals surface area contributed by atoms with Gasteiger partial charge in [0.1, 0.15) is 11.9 Å². The number of aliphatic hydroxyl groups excluding tert-OH is 1. The lowest BCUT2D eigenvalue weighted by Crippen LogP contribution is -2.46. The number of likely N-dealkylation sites (tertiary alicyclic amines) is 2. The summed E-state index contributed by atoms with van der Waals surface area (Å²) in [5, 5.41) is 9.83. The lowest BCUT2D eigenvalue weighted by Gasteiger charge is -2.38. The number of aromatic nitrogens is 1. The number of piperidine rings is 1. The Hall–Kier alpha value is -3.25. The van der Waals surface area contributed by atoms with E-state index < -0.39 is 41.4 Å². The number of carbonyl (C=O) groups is 2. The zero-order chi connectivity index (χ0) is 29.2. The smallest absolute Gasteiger partial charge is 0.395 e. The third kappa shape index (κ3) is 6.72. The minimum Gasteiger partial charge on any atom is -0.477 e. The Morgan fingerprint density at radius 2 is 1.80 bits per heavy atom. The summed E-state index contributed by atoms with van der Waals surface area (Å²) in [6, 6.07) is 6.45. The van der Waals surface area contributed by atoms with Crippen LogP contribution in [-0.2, 0) is 4.79 Å². The van der Waals surface area contributed by atoms with Gasteiger partial charge in [0.2, 0.25) is 11.8 Å². The average molecular weight is 567 g/mol. The van der Waals surface area contributed by atoms with Crippen molar-refractivity contribution in [3.8, 4) is 17.0 Å². The summed E-state index contributed by atoms with van der Waals surface area (Å²) in [5.74, 6) is -1.68. The number of β-amino-alcohol motifs (C(OH)–C–C–N with tert-alkyl or cyclic N) is 1. The van der Waals surface area contributed by atoms with Gasteiger partial charge in [0.05, 0.1) is 23.7 Å². The number of nitrogens with zero attached hydrogens (tertiary/aromatic N) is 3. The van der Waals surface area contributed by atoms with E-state index in [4.69, 9.17) is 10.5 Å². The first kappa shape index (κ1) is 29.7. The maximum absolute atomic E-state index is 14.9. The van der Waals surface area contributed by atoms with E-state index in [9.17, 15) is 32.3 Å². The summed E-state index contributed by atoms with van der Waals surface area (Å²) < 4.78 is 60.3. The highest BCUT2D eigenvalue weighted by Gasteiger charge is 2.48. The molecule has 8 nitrogen and oxygen atoms in total. The van der Waals surface area contributed by atoms with E-state index >= 15 is 0 Å². The summed E-state index contributed by atoms with van der Waals surface area (Å²) in [7, 11) is 0. The van der Waals surface area contributed by atoms with Crippen LogP contribution in [0, 0.1) is 17.2 Å². The van der Waals surface area contributed by atoms with Crippen LogP contribution in [0.3, 0.4) is 0 Å². The first-order chi connectivity index (χ1) is 18.7. The number of halogens is 4. The van der Waals surface area contributed by atoms with Crippen molar-refractivity contribution in [3.63, 3.8) is 0 Å². The molecule has 3 heterocycles. The third-order valence-corrected chi connectivity index (χ3v) is 7.70. The maximum atomic E-state index is 14.9. The normalized spacial score (nSPS) is 21.0. The Balaban J connectivity index is 1.30. The highest BCUT2D eigenvalue weighted by molar-refractivity contribution is 5.98. The van der Waals surface area contributed by atoms with Crippen molar-refractivity contribution in [2.24, 2.45) is 17.1 Å². The lowest BCUT2D eigenvalue weighted by molar-refractivity contribution is -0.217. The number of nitrogens with two attached hydrogens (primary N) is 1. The number of aliphatic hydroxyl groups is 1. The van der Waals surface area contributed by atoms with Gasteiger partial charge in [-0.15, -0.1) is 0 Å². The molecule has 40 heavy (non-hydrogen) atoms. The Morgan fingerprint density at radius 3 is 2.38 bits per heavy atom. The van der Waals surface area contributed by atoms with E-state index in [0.717, 1.165) is 17.7 Å². The predicted molar refractivity (Wildman–Crippen MR) is 139 cm³/mol. The second-order valence-corrected chi connectivity index (χ2v) is 11.3. The molecule has 4 rings (SSSR count). The van der Waals surface area contributed by atoms with Gasteiger partial charge in [0, 0.05) is 37.3 Å². The summed E-state index contributed by atoms with van der Waals surface area (Å²) in [5.41, 5.74) is 4.42. The van der Waals surface area contributed by atoms with Gasteiger partial charge in [-0.1, -0.05) is 6.07 Å². The van der Waals surface area contributed by atoms with Gasteiger partial charge in [0.25, 0.3) is 5.91 Å². The quantitative estimate of drug-likeness (QED) is 0.473. The summed E-state index contributed by atoms with van der Waals surface area (Å²) >= 11 is 0. The number of primary amides is 1. The molecular weight excluding hydrogens is 532 g/mol. The van der Waals surface area contributed by atoms with Gasteiger partial charge >= 0.3 is 6.18 Å². The van der Waals surface area contributed by atoms with Crippen LogP contribution in [0.1, 0.15) is 43.5 Å². The second-order valence-electron chi connectivity index (χ2n) is 11.3. The van der Waals surface area contributed by atoms with Crippen molar-refractivity contribution in [1.29, 1.82) is 0 Å². The van der Waals surface area contributed by atoms with Crippen molar-refractivity contribution in [1.82, 2.24) is 14.8 Å². The molecule has 0 spiro atoms. The standard InChI is InChI=1S/C28H34F4N4O4/c1-27(2,28(30,31)32)16-35-9-7-17(8-10-35)15-40-24-6-4-19(13-34-24)18-3-5-21(22(29)11-18)26(39)36-14-20(37)12-23(36)25(33)38/h3-6,11,13,17,20,23,37H,7-10,12,14-16H2,1-2H3,(H2,33,38)/t20?,23-/m0/s1. The van der Waals surface area contributed by atoms with Crippen LogP contribution in [0.2, 0.25) is 0 Å². The van der Waals surface area contributed by atoms with E-state index in [1.807, 2.05) is 4.90 Å². The van der Waals surface area contributed by atoms with Crippen molar-refractivity contribution >= 4 is 11.8 Å². The van der Waals surface area contributed by atoms with E-state index in [1.165, 1.54) is 32.2 Å². The fraction of sp³-hybridized carbons (Fsp3) is 0.536. The van der Waals surface area contributed by atoms with Crippen molar-refractivity contribution < 1.29 is 37.0 Å². The van der Waals surface area contributed by atoms with Crippen LogP contribution in [0.4, 0.5) is 17.6 Å². The summed E-state index contributed by atoms with van der Waals surface area (Å²) in [6.45, 7) is 3.86. The van der Waals surface area contributed by atoms with Gasteiger partial charge in [-0.3, -0.25) is 9.59 Å². The molecule has 2 saturated heterocycles. The number of pyridine rings is 1. The second kappa shape index (κ2) is 11.7. The van der Waals surface area contributed by atoms with Gasteiger partial charge in [0.15, 0.2) is 0 Å². The third-order valence-electron chi connectivity index (χ3n) is 7.70. The molecule has 1 aromatic carbocycles. The molecule has 2 amide bonds. The topological polar surface area (TPSA) is 109 Å².